The van der Waals surface area contributed by atoms with Gasteiger partial charge in [-0.15, -0.1) is 0 Å². The standard InChI is InChI=1S/C14H16N2O4/c1-8(17)20-13-6-9(16(2)3)5-11-10(13)7-12(15-11)14(18)19-4/h5-7,15H,1-4H3. The zero-order valence-electron chi connectivity index (χ0n) is 11.8. The minimum atomic E-state index is -0.471. The number of hydrogen-bond acceptors (Lipinski definition) is 5. The minimum Gasteiger partial charge on any atom is -0.464 e. The molecule has 0 amide bonds. The highest BCUT2D eigenvalue weighted by atomic mass is 16.5. The van der Waals surface area contributed by atoms with Crippen LogP contribution in [0.2, 0.25) is 0 Å². The average molecular weight is 276 g/mol. The number of aromatic nitrogens is 1. The van der Waals surface area contributed by atoms with Gasteiger partial charge in [0, 0.05) is 38.2 Å². The van der Waals surface area contributed by atoms with Crippen LogP contribution >= 0.6 is 0 Å². The van der Waals surface area contributed by atoms with E-state index in [1.165, 1.54) is 14.0 Å². The molecule has 0 spiro atoms. The topological polar surface area (TPSA) is 71.6 Å². The Kier molecular flexibility index (Phi) is 3.65. The maximum atomic E-state index is 11.6. The summed E-state index contributed by atoms with van der Waals surface area (Å²) in [5.41, 5.74) is 1.87. The van der Waals surface area contributed by atoms with Crippen molar-refractivity contribution in [2.24, 2.45) is 0 Å². The summed E-state index contributed by atoms with van der Waals surface area (Å²) in [6.45, 7) is 1.34. The van der Waals surface area contributed by atoms with Crippen LogP contribution in [-0.4, -0.2) is 38.1 Å². The first-order valence-corrected chi connectivity index (χ1v) is 6.03. The lowest BCUT2D eigenvalue weighted by Crippen LogP contribution is -2.09. The van der Waals surface area contributed by atoms with Crippen molar-refractivity contribution in [3.63, 3.8) is 0 Å². The summed E-state index contributed by atoms with van der Waals surface area (Å²) in [7, 11) is 5.07. The first kappa shape index (κ1) is 13.9. The highest BCUT2D eigenvalue weighted by Gasteiger charge is 2.15. The average Bonchev–Trinajstić information content (AvgIpc) is 2.81. The number of hydrogen-bond donors (Lipinski definition) is 1. The van der Waals surface area contributed by atoms with E-state index < -0.39 is 11.9 Å². The summed E-state index contributed by atoms with van der Waals surface area (Å²) >= 11 is 0. The number of nitrogens with zero attached hydrogens (tertiary/aromatic N) is 1. The monoisotopic (exact) mass is 276 g/mol. The van der Waals surface area contributed by atoms with E-state index >= 15 is 0 Å². The van der Waals surface area contributed by atoms with Crippen LogP contribution < -0.4 is 9.64 Å². The highest BCUT2D eigenvalue weighted by Crippen LogP contribution is 2.32. The van der Waals surface area contributed by atoms with Crippen molar-refractivity contribution < 1.29 is 19.1 Å². The Balaban J connectivity index is 2.63. The predicted octanol–water partition coefficient (Wildman–Crippen LogP) is 1.95. The highest BCUT2D eigenvalue weighted by molar-refractivity contribution is 5.99. The van der Waals surface area contributed by atoms with Crippen molar-refractivity contribution in [3.05, 3.63) is 23.9 Å². The van der Waals surface area contributed by atoms with Gasteiger partial charge in [0.2, 0.25) is 0 Å². The van der Waals surface area contributed by atoms with E-state index in [1.807, 2.05) is 25.1 Å². The summed E-state index contributed by atoms with van der Waals surface area (Å²) in [4.78, 5) is 27.6. The number of carbonyl (C=O) groups is 2. The summed E-state index contributed by atoms with van der Waals surface area (Å²) in [6, 6.07) is 5.23. The van der Waals surface area contributed by atoms with Gasteiger partial charge in [0.05, 0.1) is 12.6 Å². The van der Waals surface area contributed by atoms with Crippen LogP contribution in [-0.2, 0) is 9.53 Å². The van der Waals surface area contributed by atoms with E-state index in [2.05, 4.69) is 9.72 Å². The maximum Gasteiger partial charge on any atom is 0.354 e. The maximum absolute atomic E-state index is 11.6. The van der Waals surface area contributed by atoms with Gasteiger partial charge >= 0.3 is 11.9 Å². The van der Waals surface area contributed by atoms with Crippen LogP contribution in [0, 0.1) is 0 Å². The molecular weight excluding hydrogens is 260 g/mol. The first-order chi connectivity index (χ1) is 9.42. The second-order valence-electron chi connectivity index (χ2n) is 4.57. The molecule has 2 rings (SSSR count). The van der Waals surface area contributed by atoms with Crippen molar-refractivity contribution in [2.45, 2.75) is 6.92 Å². The lowest BCUT2D eigenvalue weighted by atomic mass is 10.2. The molecule has 0 saturated heterocycles. The van der Waals surface area contributed by atoms with Gasteiger partial charge in [-0.3, -0.25) is 4.79 Å². The molecule has 1 N–H and O–H groups in total. The van der Waals surface area contributed by atoms with Crippen LogP contribution in [0.4, 0.5) is 5.69 Å². The van der Waals surface area contributed by atoms with Gasteiger partial charge in [0.15, 0.2) is 0 Å². The zero-order chi connectivity index (χ0) is 14.9. The number of methoxy groups -OCH3 is 1. The number of carbonyl (C=O) groups excluding carboxylic acids is 2. The number of rotatable bonds is 3. The normalized spacial score (nSPS) is 10.4. The van der Waals surface area contributed by atoms with E-state index in [0.29, 0.717) is 22.3 Å². The van der Waals surface area contributed by atoms with Crippen molar-refractivity contribution in [1.82, 2.24) is 4.98 Å². The van der Waals surface area contributed by atoms with Crippen molar-refractivity contribution in [1.29, 1.82) is 0 Å². The molecule has 0 fully saturated rings. The third-order valence-corrected chi connectivity index (χ3v) is 2.86. The SMILES string of the molecule is COC(=O)c1cc2c(OC(C)=O)cc(N(C)C)cc2[nH]1. The molecule has 106 valence electrons. The lowest BCUT2D eigenvalue weighted by Gasteiger charge is -2.14. The molecule has 0 saturated carbocycles. The summed E-state index contributed by atoms with van der Waals surface area (Å²) in [5, 5.41) is 0.659. The smallest absolute Gasteiger partial charge is 0.354 e. The third-order valence-electron chi connectivity index (χ3n) is 2.86. The molecule has 0 aliphatic rings. The second kappa shape index (κ2) is 5.24. The molecule has 2 aromatic rings. The molecule has 0 unspecified atom stereocenters. The summed E-state index contributed by atoms with van der Waals surface area (Å²) < 4.78 is 9.88. The van der Waals surface area contributed by atoms with Gasteiger partial charge in [0.25, 0.3) is 0 Å². The van der Waals surface area contributed by atoms with Gasteiger partial charge in [0.1, 0.15) is 11.4 Å². The van der Waals surface area contributed by atoms with Crippen LogP contribution in [0.25, 0.3) is 10.9 Å². The van der Waals surface area contributed by atoms with E-state index in [0.717, 1.165) is 5.69 Å². The first-order valence-electron chi connectivity index (χ1n) is 6.03. The summed E-state index contributed by atoms with van der Waals surface area (Å²) in [6.07, 6.45) is 0. The Morgan fingerprint density at radius 3 is 2.45 bits per heavy atom. The Labute approximate surface area is 116 Å². The number of fused-ring (bicyclic) bond motifs is 1. The van der Waals surface area contributed by atoms with E-state index in [-0.39, 0.29) is 0 Å². The summed E-state index contributed by atoms with van der Waals surface area (Å²) in [5.74, 6) is -0.477. The number of esters is 2. The number of anilines is 1. The molecule has 0 radical (unpaired) electrons. The van der Waals surface area contributed by atoms with E-state index in [1.54, 1.807) is 12.1 Å². The van der Waals surface area contributed by atoms with Gasteiger partial charge in [-0.05, 0) is 12.1 Å². The molecule has 6 heteroatoms. The predicted molar refractivity (Wildman–Crippen MR) is 75.3 cm³/mol. The number of ether oxygens (including phenoxy) is 2. The molecule has 1 heterocycles. The van der Waals surface area contributed by atoms with Crippen molar-refractivity contribution in [3.8, 4) is 5.75 Å². The van der Waals surface area contributed by atoms with Crippen molar-refractivity contribution >= 4 is 28.5 Å². The van der Waals surface area contributed by atoms with Gasteiger partial charge < -0.3 is 19.4 Å². The molecule has 0 bridgehead atoms. The number of H-pyrrole nitrogens is 1. The molecule has 0 atom stereocenters. The largest absolute Gasteiger partial charge is 0.464 e. The molecule has 1 aromatic carbocycles. The molecule has 1 aromatic heterocycles. The van der Waals surface area contributed by atoms with Gasteiger partial charge in [-0.25, -0.2) is 4.79 Å². The Morgan fingerprint density at radius 2 is 1.90 bits per heavy atom. The fourth-order valence-corrected chi connectivity index (χ4v) is 1.91. The fourth-order valence-electron chi connectivity index (χ4n) is 1.91. The van der Waals surface area contributed by atoms with E-state index in [4.69, 9.17) is 4.74 Å². The number of aromatic amines is 1. The fraction of sp³-hybridized carbons (Fsp3) is 0.286. The van der Waals surface area contributed by atoms with Crippen LogP contribution in [0.15, 0.2) is 18.2 Å². The molecular formula is C14H16N2O4. The minimum absolute atomic E-state index is 0.312. The lowest BCUT2D eigenvalue weighted by molar-refractivity contribution is -0.131. The molecule has 20 heavy (non-hydrogen) atoms. The van der Waals surface area contributed by atoms with Crippen LogP contribution in [0.5, 0.6) is 5.75 Å². The van der Waals surface area contributed by atoms with Crippen LogP contribution in [0.3, 0.4) is 0 Å². The molecule has 0 aliphatic carbocycles. The van der Waals surface area contributed by atoms with Crippen LogP contribution in [0.1, 0.15) is 17.4 Å². The number of nitrogens with one attached hydrogen (secondary N) is 1. The Hall–Kier alpha value is -2.50. The Morgan fingerprint density at radius 1 is 1.20 bits per heavy atom. The number of benzene rings is 1. The quantitative estimate of drug-likeness (QED) is 0.685. The van der Waals surface area contributed by atoms with Gasteiger partial charge in [-0.2, -0.15) is 0 Å². The van der Waals surface area contributed by atoms with E-state index in [9.17, 15) is 9.59 Å². The molecule has 0 aliphatic heterocycles. The molecule has 6 nitrogen and oxygen atoms in total. The zero-order valence-corrected chi connectivity index (χ0v) is 11.8. The van der Waals surface area contributed by atoms with Gasteiger partial charge in [-0.1, -0.05) is 0 Å². The van der Waals surface area contributed by atoms with Crippen molar-refractivity contribution in [2.75, 3.05) is 26.1 Å². The third kappa shape index (κ3) is 2.59. The second-order valence-corrected chi connectivity index (χ2v) is 4.57. The Bertz CT molecular complexity index is 673.